The highest BCUT2D eigenvalue weighted by atomic mass is 79.9. The average Bonchev–Trinajstić information content (AvgIpc) is 2.34. The SMILES string of the molecule is C#CC(CC)Nc1cnn(CCC)c(=O)c1Br. The van der Waals surface area contributed by atoms with Gasteiger partial charge in [-0.1, -0.05) is 19.8 Å². The van der Waals surface area contributed by atoms with Crippen LogP contribution >= 0.6 is 15.9 Å². The molecule has 1 atom stereocenters. The third-order valence-corrected chi connectivity index (χ3v) is 3.13. The second kappa shape index (κ2) is 6.45. The van der Waals surface area contributed by atoms with E-state index in [2.05, 4.69) is 32.3 Å². The second-order valence-electron chi connectivity index (χ2n) is 3.67. The van der Waals surface area contributed by atoms with Crippen molar-refractivity contribution in [3.05, 3.63) is 21.0 Å². The number of hydrogen-bond acceptors (Lipinski definition) is 3. The van der Waals surface area contributed by atoms with Crippen LogP contribution in [0.3, 0.4) is 0 Å². The van der Waals surface area contributed by atoms with Crippen molar-refractivity contribution in [1.82, 2.24) is 9.78 Å². The summed E-state index contributed by atoms with van der Waals surface area (Å²) in [7, 11) is 0. The van der Waals surface area contributed by atoms with E-state index in [1.165, 1.54) is 4.68 Å². The molecular weight excluding hydrogens is 282 g/mol. The minimum absolute atomic E-state index is 0.0884. The van der Waals surface area contributed by atoms with Crippen LogP contribution < -0.4 is 10.9 Å². The van der Waals surface area contributed by atoms with E-state index in [0.717, 1.165) is 12.8 Å². The van der Waals surface area contributed by atoms with Crippen molar-refractivity contribution in [2.24, 2.45) is 0 Å². The molecule has 0 aromatic carbocycles. The number of nitrogens with one attached hydrogen (secondary N) is 1. The van der Waals surface area contributed by atoms with Gasteiger partial charge in [0.05, 0.1) is 17.9 Å². The van der Waals surface area contributed by atoms with Crippen molar-refractivity contribution >= 4 is 21.6 Å². The molecule has 5 heteroatoms. The highest BCUT2D eigenvalue weighted by molar-refractivity contribution is 9.10. The molecule has 1 aromatic rings. The topological polar surface area (TPSA) is 46.9 Å². The first-order valence-electron chi connectivity index (χ1n) is 5.62. The van der Waals surface area contributed by atoms with Gasteiger partial charge >= 0.3 is 0 Å². The Bertz CT molecular complexity index is 476. The molecule has 1 unspecified atom stereocenters. The lowest BCUT2D eigenvalue weighted by Gasteiger charge is -2.14. The fourth-order valence-electron chi connectivity index (χ4n) is 1.39. The summed E-state index contributed by atoms with van der Waals surface area (Å²) >= 11 is 3.28. The van der Waals surface area contributed by atoms with Crippen LogP contribution in [0.2, 0.25) is 0 Å². The van der Waals surface area contributed by atoms with E-state index in [1.54, 1.807) is 6.20 Å². The van der Waals surface area contributed by atoms with Crippen molar-refractivity contribution < 1.29 is 0 Å². The molecule has 0 saturated carbocycles. The second-order valence-corrected chi connectivity index (χ2v) is 4.47. The van der Waals surface area contributed by atoms with Crippen LogP contribution in [0.1, 0.15) is 26.7 Å². The summed E-state index contributed by atoms with van der Waals surface area (Å²) in [6.07, 6.45) is 8.65. The van der Waals surface area contributed by atoms with E-state index in [9.17, 15) is 4.79 Å². The third kappa shape index (κ3) is 3.34. The molecule has 92 valence electrons. The van der Waals surface area contributed by atoms with Gasteiger partial charge in [0.2, 0.25) is 0 Å². The molecule has 0 radical (unpaired) electrons. The number of aryl methyl sites for hydroxylation is 1. The van der Waals surface area contributed by atoms with Crippen LogP contribution in [0.15, 0.2) is 15.5 Å². The molecule has 0 saturated heterocycles. The van der Waals surface area contributed by atoms with Gasteiger partial charge in [-0.3, -0.25) is 4.79 Å². The maximum atomic E-state index is 11.9. The number of anilines is 1. The van der Waals surface area contributed by atoms with Gasteiger partial charge in [-0.25, -0.2) is 4.68 Å². The van der Waals surface area contributed by atoms with Crippen molar-refractivity contribution in [2.45, 2.75) is 39.3 Å². The van der Waals surface area contributed by atoms with Crippen LogP contribution in [0.5, 0.6) is 0 Å². The Morgan fingerprint density at radius 2 is 2.35 bits per heavy atom. The van der Waals surface area contributed by atoms with Crippen molar-refractivity contribution in [1.29, 1.82) is 0 Å². The Morgan fingerprint density at radius 1 is 1.65 bits per heavy atom. The Labute approximate surface area is 110 Å². The molecule has 0 aliphatic carbocycles. The Balaban J connectivity index is 3.01. The molecule has 0 fully saturated rings. The molecule has 0 spiro atoms. The van der Waals surface area contributed by atoms with Crippen molar-refractivity contribution in [3.63, 3.8) is 0 Å². The maximum absolute atomic E-state index is 11.9. The quantitative estimate of drug-likeness (QED) is 0.848. The molecule has 0 bridgehead atoms. The van der Waals surface area contributed by atoms with E-state index >= 15 is 0 Å². The van der Waals surface area contributed by atoms with Gasteiger partial charge in [-0.15, -0.1) is 6.42 Å². The number of rotatable bonds is 5. The van der Waals surface area contributed by atoms with Crippen LogP contribution in [0, 0.1) is 12.3 Å². The zero-order valence-electron chi connectivity index (χ0n) is 10.0. The summed E-state index contributed by atoms with van der Waals surface area (Å²) in [6, 6.07) is -0.0884. The predicted molar refractivity (Wildman–Crippen MR) is 73.0 cm³/mol. The maximum Gasteiger partial charge on any atom is 0.283 e. The largest absolute Gasteiger partial charge is 0.369 e. The lowest BCUT2D eigenvalue weighted by atomic mass is 10.2. The van der Waals surface area contributed by atoms with E-state index in [1.807, 2.05) is 13.8 Å². The fourth-order valence-corrected chi connectivity index (χ4v) is 1.81. The van der Waals surface area contributed by atoms with E-state index in [0.29, 0.717) is 16.7 Å². The van der Waals surface area contributed by atoms with E-state index in [-0.39, 0.29) is 11.6 Å². The van der Waals surface area contributed by atoms with Gasteiger partial charge < -0.3 is 5.32 Å². The normalized spacial score (nSPS) is 11.9. The lowest BCUT2D eigenvalue weighted by Crippen LogP contribution is -2.26. The average molecular weight is 298 g/mol. The van der Waals surface area contributed by atoms with Gasteiger partial charge in [-0.05, 0) is 28.8 Å². The first-order valence-corrected chi connectivity index (χ1v) is 6.41. The summed E-state index contributed by atoms with van der Waals surface area (Å²) in [5, 5.41) is 7.19. The van der Waals surface area contributed by atoms with Crippen LogP contribution in [0.4, 0.5) is 5.69 Å². The van der Waals surface area contributed by atoms with E-state index < -0.39 is 0 Å². The van der Waals surface area contributed by atoms with Crippen LogP contribution in [-0.4, -0.2) is 15.8 Å². The van der Waals surface area contributed by atoms with Gasteiger partial charge in [0.25, 0.3) is 5.56 Å². The Morgan fingerprint density at radius 3 is 2.88 bits per heavy atom. The van der Waals surface area contributed by atoms with Gasteiger partial charge in [0.15, 0.2) is 0 Å². The zero-order valence-corrected chi connectivity index (χ0v) is 11.6. The Hall–Kier alpha value is -1.28. The van der Waals surface area contributed by atoms with Crippen LogP contribution in [-0.2, 0) is 6.54 Å². The number of terminal acetylenes is 1. The molecule has 17 heavy (non-hydrogen) atoms. The smallest absolute Gasteiger partial charge is 0.283 e. The standard InChI is InChI=1S/C12H16BrN3O/c1-4-7-16-12(17)11(13)10(8-14-16)15-9(5-2)6-3/h2,8-9,15H,4,6-7H2,1,3H3. The first-order chi connectivity index (χ1) is 8.13. The number of hydrogen-bond donors (Lipinski definition) is 1. The van der Waals surface area contributed by atoms with E-state index in [4.69, 9.17) is 6.42 Å². The van der Waals surface area contributed by atoms with Gasteiger partial charge in [0, 0.05) is 6.54 Å². The summed E-state index contributed by atoms with van der Waals surface area (Å²) < 4.78 is 1.92. The van der Waals surface area contributed by atoms with Crippen molar-refractivity contribution in [3.8, 4) is 12.3 Å². The third-order valence-electron chi connectivity index (χ3n) is 2.36. The molecule has 4 nitrogen and oxygen atoms in total. The highest BCUT2D eigenvalue weighted by Crippen LogP contribution is 2.17. The fraction of sp³-hybridized carbons (Fsp3) is 0.500. The molecule has 1 N–H and O–H groups in total. The first kappa shape index (κ1) is 13.8. The molecule has 0 aliphatic rings. The molecule has 0 aliphatic heterocycles. The van der Waals surface area contributed by atoms with Crippen molar-refractivity contribution in [2.75, 3.05) is 5.32 Å². The predicted octanol–water partition coefficient (Wildman–Crippen LogP) is 2.24. The lowest BCUT2D eigenvalue weighted by molar-refractivity contribution is 0.565. The van der Waals surface area contributed by atoms with Gasteiger partial charge in [0.1, 0.15) is 4.47 Å². The molecule has 0 amide bonds. The monoisotopic (exact) mass is 297 g/mol. The number of aromatic nitrogens is 2. The number of halogens is 1. The molecule has 1 aromatic heterocycles. The summed E-state index contributed by atoms with van der Waals surface area (Å²) in [5.41, 5.74) is 0.510. The summed E-state index contributed by atoms with van der Waals surface area (Å²) in [4.78, 5) is 11.9. The zero-order chi connectivity index (χ0) is 12.8. The molecule has 1 rings (SSSR count). The minimum atomic E-state index is -0.135. The molecular formula is C12H16BrN3O. The summed E-state index contributed by atoms with van der Waals surface area (Å²) in [6.45, 7) is 4.60. The molecule has 1 heterocycles. The summed E-state index contributed by atoms with van der Waals surface area (Å²) in [5.74, 6) is 2.62. The Kier molecular flexibility index (Phi) is 5.23. The van der Waals surface area contributed by atoms with Crippen LogP contribution in [0.25, 0.3) is 0 Å². The van der Waals surface area contributed by atoms with Gasteiger partial charge in [-0.2, -0.15) is 5.10 Å². The minimum Gasteiger partial charge on any atom is -0.369 e. The highest BCUT2D eigenvalue weighted by Gasteiger charge is 2.10. The number of nitrogens with zero attached hydrogens (tertiary/aromatic N) is 2.